The van der Waals surface area contributed by atoms with Crippen LogP contribution in [0.4, 0.5) is 22.6 Å². The molecule has 2 amide bonds. The van der Waals surface area contributed by atoms with Crippen LogP contribution in [0.2, 0.25) is 0 Å². The first kappa shape index (κ1) is 25.1. The molecule has 178 valence electrons. The SMILES string of the molecule is CC(C)(NC(=O)Cc1ccccc1)C(=O)Nc1cc(C(F)(F)F)c(C(=O)c2ccc(F)cc2)s1. The van der Waals surface area contributed by atoms with E-state index in [1.165, 1.54) is 13.8 Å². The molecule has 1 aromatic heterocycles. The van der Waals surface area contributed by atoms with Crippen LogP contribution in [0.1, 0.15) is 40.2 Å². The number of carbonyl (C=O) groups excluding carboxylic acids is 3. The summed E-state index contributed by atoms with van der Waals surface area (Å²) in [7, 11) is 0. The van der Waals surface area contributed by atoms with Crippen molar-refractivity contribution >= 4 is 33.9 Å². The number of alkyl halides is 3. The second-order valence-corrected chi connectivity index (χ2v) is 9.03. The number of hydrogen-bond donors (Lipinski definition) is 2. The Bertz CT molecular complexity index is 1200. The van der Waals surface area contributed by atoms with Crippen LogP contribution < -0.4 is 10.6 Å². The number of hydrogen-bond acceptors (Lipinski definition) is 4. The van der Waals surface area contributed by atoms with Gasteiger partial charge < -0.3 is 10.6 Å². The Morgan fingerprint density at radius 1 is 0.941 bits per heavy atom. The number of amides is 2. The molecule has 2 aromatic carbocycles. The summed E-state index contributed by atoms with van der Waals surface area (Å²) in [5, 5.41) is 4.70. The molecule has 34 heavy (non-hydrogen) atoms. The molecule has 5 nitrogen and oxygen atoms in total. The Kier molecular flexibility index (Phi) is 7.21. The van der Waals surface area contributed by atoms with E-state index < -0.39 is 45.6 Å². The minimum atomic E-state index is -4.86. The lowest BCUT2D eigenvalue weighted by molar-refractivity contribution is -0.137. The van der Waals surface area contributed by atoms with Crippen molar-refractivity contribution in [2.45, 2.75) is 32.0 Å². The van der Waals surface area contributed by atoms with Gasteiger partial charge in [-0.3, -0.25) is 14.4 Å². The molecule has 0 aliphatic rings. The molecule has 0 aliphatic heterocycles. The standard InChI is InChI=1S/C24H20F4N2O3S/c1-23(2,30-18(31)12-14-6-4-3-5-7-14)22(33)29-19-13-17(24(26,27)28)21(34-19)20(32)15-8-10-16(25)11-9-15/h3-11,13H,12H2,1-2H3,(H,29,33)(H,30,31). The number of ketones is 1. The fourth-order valence-electron chi connectivity index (χ4n) is 3.06. The van der Waals surface area contributed by atoms with Gasteiger partial charge in [-0.05, 0) is 49.7 Å². The first-order valence-corrected chi connectivity index (χ1v) is 10.9. The summed E-state index contributed by atoms with van der Waals surface area (Å²) in [6.07, 6.45) is -4.84. The lowest BCUT2D eigenvalue weighted by Crippen LogP contribution is -2.52. The highest BCUT2D eigenvalue weighted by Crippen LogP contribution is 2.40. The van der Waals surface area contributed by atoms with Crippen molar-refractivity contribution in [2.75, 3.05) is 5.32 Å². The molecule has 1 heterocycles. The molecule has 0 atom stereocenters. The molecule has 10 heteroatoms. The van der Waals surface area contributed by atoms with Crippen molar-refractivity contribution in [3.8, 4) is 0 Å². The van der Waals surface area contributed by atoms with Gasteiger partial charge in [-0.2, -0.15) is 13.2 Å². The van der Waals surface area contributed by atoms with Gasteiger partial charge >= 0.3 is 6.18 Å². The topological polar surface area (TPSA) is 75.3 Å². The third-order valence-electron chi connectivity index (χ3n) is 4.81. The molecule has 0 bridgehead atoms. The van der Waals surface area contributed by atoms with E-state index >= 15 is 0 Å². The minimum Gasteiger partial charge on any atom is -0.342 e. The summed E-state index contributed by atoms with van der Waals surface area (Å²) in [5.74, 6) is -2.79. The Labute approximate surface area is 196 Å². The highest BCUT2D eigenvalue weighted by Gasteiger charge is 2.38. The zero-order valence-electron chi connectivity index (χ0n) is 18.1. The Morgan fingerprint density at radius 2 is 1.56 bits per heavy atom. The summed E-state index contributed by atoms with van der Waals surface area (Å²) in [5.41, 5.74) is -2.06. The maximum absolute atomic E-state index is 13.6. The molecule has 3 aromatic rings. The fraction of sp³-hybridized carbons (Fsp3) is 0.208. The zero-order chi connectivity index (χ0) is 25.1. The molecule has 0 fully saturated rings. The van der Waals surface area contributed by atoms with Crippen LogP contribution in [0.15, 0.2) is 60.7 Å². The molecule has 0 saturated carbocycles. The van der Waals surface area contributed by atoms with Crippen LogP contribution in [0, 0.1) is 5.82 Å². The number of rotatable bonds is 7. The van der Waals surface area contributed by atoms with Gasteiger partial charge in [-0.1, -0.05) is 30.3 Å². The monoisotopic (exact) mass is 492 g/mol. The van der Waals surface area contributed by atoms with Gasteiger partial charge in [0.1, 0.15) is 11.4 Å². The molecule has 0 aliphatic carbocycles. The van der Waals surface area contributed by atoms with E-state index in [9.17, 15) is 31.9 Å². The second-order valence-electron chi connectivity index (χ2n) is 7.98. The quantitative estimate of drug-likeness (QED) is 0.351. The molecule has 3 rings (SSSR count). The molecular weight excluding hydrogens is 472 g/mol. The maximum Gasteiger partial charge on any atom is 0.418 e. The highest BCUT2D eigenvalue weighted by atomic mass is 32.1. The summed E-state index contributed by atoms with van der Waals surface area (Å²) >= 11 is 0.452. The maximum atomic E-state index is 13.6. The average Bonchev–Trinajstić information content (AvgIpc) is 3.18. The minimum absolute atomic E-state index is 0.0189. The van der Waals surface area contributed by atoms with Gasteiger partial charge in [-0.15, -0.1) is 11.3 Å². The third kappa shape index (κ3) is 6.07. The predicted molar refractivity (Wildman–Crippen MR) is 120 cm³/mol. The van der Waals surface area contributed by atoms with Crippen molar-refractivity contribution in [1.82, 2.24) is 5.32 Å². The van der Waals surface area contributed by atoms with Crippen LogP contribution in [-0.4, -0.2) is 23.1 Å². The molecule has 0 spiro atoms. The smallest absolute Gasteiger partial charge is 0.342 e. The van der Waals surface area contributed by atoms with Crippen LogP contribution in [-0.2, 0) is 22.2 Å². The Balaban J connectivity index is 1.78. The highest BCUT2D eigenvalue weighted by molar-refractivity contribution is 7.18. The van der Waals surface area contributed by atoms with Crippen LogP contribution in [0.5, 0.6) is 0 Å². The predicted octanol–water partition coefficient (Wildman–Crippen LogP) is 5.21. The van der Waals surface area contributed by atoms with Crippen molar-refractivity contribution < 1.29 is 31.9 Å². The summed E-state index contributed by atoms with van der Waals surface area (Å²) in [6, 6.07) is 13.6. The van der Waals surface area contributed by atoms with E-state index in [2.05, 4.69) is 10.6 Å². The van der Waals surface area contributed by atoms with Crippen molar-refractivity contribution in [3.63, 3.8) is 0 Å². The van der Waals surface area contributed by atoms with Crippen LogP contribution in [0.25, 0.3) is 0 Å². The molecule has 0 unspecified atom stereocenters. The number of nitrogens with one attached hydrogen (secondary N) is 2. The lowest BCUT2D eigenvalue weighted by atomic mass is 10.0. The summed E-state index contributed by atoms with van der Waals surface area (Å²) < 4.78 is 53.9. The van der Waals surface area contributed by atoms with Gasteiger partial charge in [0.05, 0.1) is 21.9 Å². The number of thiophene rings is 1. The van der Waals surface area contributed by atoms with Gasteiger partial charge in [0, 0.05) is 5.56 Å². The van der Waals surface area contributed by atoms with Crippen LogP contribution >= 0.6 is 11.3 Å². The van der Waals surface area contributed by atoms with Gasteiger partial charge in [0.25, 0.3) is 0 Å². The Hall–Kier alpha value is -3.53. The van der Waals surface area contributed by atoms with Crippen molar-refractivity contribution in [2.24, 2.45) is 0 Å². The van der Waals surface area contributed by atoms with E-state index in [0.29, 0.717) is 17.4 Å². The lowest BCUT2D eigenvalue weighted by Gasteiger charge is -2.24. The normalized spacial score (nSPS) is 11.7. The van der Waals surface area contributed by atoms with Gasteiger partial charge in [0.15, 0.2) is 0 Å². The van der Waals surface area contributed by atoms with Gasteiger partial charge in [-0.25, -0.2) is 4.39 Å². The van der Waals surface area contributed by atoms with E-state index in [-0.39, 0.29) is 17.0 Å². The van der Waals surface area contributed by atoms with E-state index in [1.807, 2.05) is 0 Å². The Morgan fingerprint density at radius 3 is 2.15 bits per heavy atom. The summed E-state index contributed by atoms with van der Waals surface area (Å²) in [4.78, 5) is 37.1. The first-order chi connectivity index (χ1) is 15.9. The zero-order valence-corrected chi connectivity index (χ0v) is 18.9. The van der Waals surface area contributed by atoms with Crippen LogP contribution in [0.3, 0.4) is 0 Å². The molecule has 0 radical (unpaired) electrons. The first-order valence-electron chi connectivity index (χ1n) is 10.0. The van der Waals surface area contributed by atoms with E-state index in [4.69, 9.17) is 0 Å². The van der Waals surface area contributed by atoms with Crippen molar-refractivity contribution in [1.29, 1.82) is 0 Å². The molecule has 0 saturated heterocycles. The molecular formula is C24H20F4N2O3S. The third-order valence-corrected chi connectivity index (χ3v) is 5.86. The van der Waals surface area contributed by atoms with E-state index in [0.717, 1.165) is 29.8 Å². The second kappa shape index (κ2) is 9.76. The number of benzene rings is 2. The van der Waals surface area contributed by atoms with Crippen molar-refractivity contribution in [3.05, 3.63) is 88.0 Å². The number of halogens is 4. The van der Waals surface area contributed by atoms with E-state index in [1.54, 1.807) is 30.3 Å². The summed E-state index contributed by atoms with van der Waals surface area (Å²) in [6.45, 7) is 2.82. The molecule has 2 N–H and O–H groups in total. The largest absolute Gasteiger partial charge is 0.418 e. The number of carbonyl (C=O) groups is 3. The number of anilines is 1. The van der Waals surface area contributed by atoms with Gasteiger partial charge in [0.2, 0.25) is 17.6 Å². The average molecular weight is 492 g/mol. The fourth-order valence-corrected chi connectivity index (χ4v) is 4.10.